The Morgan fingerprint density at radius 2 is 0.707 bits per heavy atom. The zero-order chi connectivity index (χ0) is 38.2. The summed E-state index contributed by atoms with van der Waals surface area (Å²) in [4.78, 5) is 24.7. The highest BCUT2D eigenvalue weighted by Crippen LogP contribution is 2.43. The molecule has 0 radical (unpaired) electrons. The summed E-state index contributed by atoms with van der Waals surface area (Å²) in [5, 5.41) is 9.45. The highest BCUT2D eigenvalue weighted by Gasteiger charge is 2.23. The van der Waals surface area contributed by atoms with E-state index >= 15 is 0 Å². The van der Waals surface area contributed by atoms with Crippen molar-refractivity contribution >= 4 is 65.2 Å². The van der Waals surface area contributed by atoms with Gasteiger partial charge in [-0.25, -0.2) is 24.9 Å². The molecule has 7 heteroatoms. The standard InChI is InChI=1S/C51H31N7/c1-4-14-32(15-5-1)48-54-49(33-16-6-2-7-17-33)56-51(55-48)50-52-30-39(31-53-50)58-45-29-37-21-13-11-19-35(37)27-43(45)41-25-24-40-42-26-34-18-10-12-20-36(34)28-44(42)57(46(40)47(41)58)38-22-8-3-9-23-38/h1-31H. The molecule has 7 nitrogen and oxygen atoms in total. The Morgan fingerprint density at radius 1 is 0.310 bits per heavy atom. The number of para-hydroxylation sites is 1. The lowest BCUT2D eigenvalue weighted by molar-refractivity contribution is 1.01. The molecule has 0 saturated heterocycles. The number of hydrogen-bond donors (Lipinski definition) is 0. The fourth-order valence-corrected chi connectivity index (χ4v) is 8.54. The molecule has 4 heterocycles. The zero-order valence-electron chi connectivity index (χ0n) is 31.0. The molecule has 12 aromatic rings. The zero-order valence-corrected chi connectivity index (χ0v) is 31.0. The molecule has 4 aromatic heterocycles. The molecule has 0 bridgehead atoms. The number of nitrogens with zero attached hydrogens (tertiary/aromatic N) is 7. The minimum atomic E-state index is 0.408. The van der Waals surface area contributed by atoms with Gasteiger partial charge in [-0.2, -0.15) is 0 Å². The van der Waals surface area contributed by atoms with Crippen molar-refractivity contribution in [3.05, 3.63) is 188 Å². The maximum atomic E-state index is 5.00. The van der Waals surface area contributed by atoms with Crippen LogP contribution >= 0.6 is 0 Å². The third-order valence-corrected chi connectivity index (χ3v) is 11.2. The molecule has 8 aromatic carbocycles. The van der Waals surface area contributed by atoms with Crippen LogP contribution in [0.5, 0.6) is 0 Å². The van der Waals surface area contributed by atoms with Gasteiger partial charge in [0.2, 0.25) is 5.82 Å². The first-order chi connectivity index (χ1) is 28.7. The van der Waals surface area contributed by atoms with E-state index in [1.807, 2.05) is 73.1 Å². The largest absolute Gasteiger partial charge is 0.307 e. The van der Waals surface area contributed by atoms with Crippen LogP contribution in [-0.2, 0) is 0 Å². The summed E-state index contributed by atoms with van der Waals surface area (Å²) in [5.74, 6) is 1.96. The van der Waals surface area contributed by atoms with Crippen LogP contribution in [0.25, 0.3) is 111 Å². The molecule has 58 heavy (non-hydrogen) atoms. The number of benzene rings is 8. The van der Waals surface area contributed by atoms with Crippen LogP contribution in [0.2, 0.25) is 0 Å². The van der Waals surface area contributed by atoms with Gasteiger partial charge in [0.1, 0.15) is 0 Å². The second-order valence-electron chi connectivity index (χ2n) is 14.6. The van der Waals surface area contributed by atoms with Crippen LogP contribution in [-0.4, -0.2) is 34.1 Å². The van der Waals surface area contributed by atoms with Gasteiger partial charge in [0, 0.05) is 38.4 Å². The van der Waals surface area contributed by atoms with Crippen LogP contribution in [0.4, 0.5) is 0 Å². The topological polar surface area (TPSA) is 74.3 Å². The van der Waals surface area contributed by atoms with Gasteiger partial charge in [-0.15, -0.1) is 0 Å². The van der Waals surface area contributed by atoms with E-state index in [2.05, 4.69) is 124 Å². The van der Waals surface area contributed by atoms with Crippen LogP contribution < -0.4 is 0 Å². The van der Waals surface area contributed by atoms with Gasteiger partial charge in [-0.1, -0.05) is 140 Å². The first-order valence-corrected chi connectivity index (χ1v) is 19.3. The second kappa shape index (κ2) is 12.8. The van der Waals surface area contributed by atoms with Crippen LogP contribution in [0.1, 0.15) is 0 Å². The first kappa shape index (κ1) is 32.2. The average molecular weight is 742 g/mol. The smallest absolute Gasteiger partial charge is 0.201 e. The minimum Gasteiger partial charge on any atom is -0.307 e. The van der Waals surface area contributed by atoms with E-state index in [4.69, 9.17) is 24.9 Å². The van der Waals surface area contributed by atoms with Crippen molar-refractivity contribution in [2.45, 2.75) is 0 Å². The monoisotopic (exact) mass is 741 g/mol. The van der Waals surface area contributed by atoms with Gasteiger partial charge in [-0.05, 0) is 57.9 Å². The third-order valence-electron chi connectivity index (χ3n) is 11.2. The number of fused-ring (bicyclic) bond motifs is 9. The SMILES string of the molecule is c1ccc(-c2nc(-c3ccccc3)nc(-c3ncc(-n4c5cc6ccccc6cc5c5ccc6c7cc8ccccc8cc7n(-c7ccccc7)c6c54)cn3)n2)cc1. The Morgan fingerprint density at radius 3 is 1.19 bits per heavy atom. The molecule has 0 aliphatic heterocycles. The molecule has 0 N–H and O–H groups in total. The predicted molar refractivity (Wildman–Crippen MR) is 235 cm³/mol. The maximum Gasteiger partial charge on any atom is 0.201 e. The summed E-state index contributed by atoms with van der Waals surface area (Å²) < 4.78 is 4.75. The summed E-state index contributed by atoms with van der Waals surface area (Å²) >= 11 is 0. The van der Waals surface area contributed by atoms with E-state index < -0.39 is 0 Å². The highest BCUT2D eigenvalue weighted by molar-refractivity contribution is 6.26. The Labute approximate surface area is 332 Å². The van der Waals surface area contributed by atoms with E-state index in [1.54, 1.807) is 0 Å². The third kappa shape index (κ3) is 5.04. The number of aromatic nitrogens is 7. The highest BCUT2D eigenvalue weighted by atomic mass is 15.1. The average Bonchev–Trinajstić information content (AvgIpc) is 3.80. The molecule has 0 aliphatic carbocycles. The van der Waals surface area contributed by atoms with Crippen molar-refractivity contribution < 1.29 is 0 Å². The molecule has 0 unspecified atom stereocenters. The fraction of sp³-hybridized carbons (Fsp3) is 0. The van der Waals surface area contributed by atoms with Crippen LogP contribution in [0.15, 0.2) is 188 Å². The molecule has 0 atom stereocenters. The molecule has 0 fully saturated rings. The van der Waals surface area contributed by atoms with E-state index in [0.29, 0.717) is 23.3 Å². The number of rotatable bonds is 5. The van der Waals surface area contributed by atoms with Crippen molar-refractivity contribution in [2.75, 3.05) is 0 Å². The molecular weight excluding hydrogens is 711 g/mol. The van der Waals surface area contributed by atoms with E-state index in [0.717, 1.165) is 60.7 Å². The molecule has 270 valence electrons. The molecule has 12 rings (SSSR count). The van der Waals surface area contributed by atoms with E-state index in [-0.39, 0.29) is 0 Å². The summed E-state index contributed by atoms with van der Waals surface area (Å²) in [6.07, 6.45) is 3.79. The lowest BCUT2D eigenvalue weighted by Gasteiger charge is -2.13. The van der Waals surface area contributed by atoms with Gasteiger partial charge in [0.15, 0.2) is 17.5 Å². The molecule has 0 saturated carbocycles. The lowest BCUT2D eigenvalue weighted by Crippen LogP contribution is -2.04. The van der Waals surface area contributed by atoms with Crippen molar-refractivity contribution in [3.8, 4) is 45.8 Å². The predicted octanol–water partition coefficient (Wildman–Crippen LogP) is 12.2. The van der Waals surface area contributed by atoms with E-state index in [9.17, 15) is 0 Å². The van der Waals surface area contributed by atoms with Gasteiger partial charge in [0.05, 0.1) is 40.1 Å². The van der Waals surface area contributed by atoms with Crippen molar-refractivity contribution in [2.24, 2.45) is 0 Å². The van der Waals surface area contributed by atoms with Crippen molar-refractivity contribution in [1.82, 2.24) is 34.1 Å². The van der Waals surface area contributed by atoms with Gasteiger partial charge in [-0.3, -0.25) is 0 Å². The fourth-order valence-electron chi connectivity index (χ4n) is 8.54. The summed E-state index contributed by atoms with van der Waals surface area (Å²) in [5.41, 5.74) is 8.15. The summed E-state index contributed by atoms with van der Waals surface area (Å²) in [6.45, 7) is 0. The Bertz CT molecular complexity index is 3480. The van der Waals surface area contributed by atoms with Gasteiger partial charge in [0.25, 0.3) is 0 Å². The summed E-state index contributed by atoms with van der Waals surface area (Å²) in [7, 11) is 0. The molecule has 0 aliphatic rings. The Kier molecular flexibility index (Phi) is 7.09. The quantitative estimate of drug-likeness (QED) is 0.176. The Hall–Kier alpha value is -8.03. The van der Waals surface area contributed by atoms with Crippen LogP contribution in [0.3, 0.4) is 0 Å². The molecule has 0 spiro atoms. The Balaban J connectivity index is 1.14. The van der Waals surface area contributed by atoms with Crippen LogP contribution in [0, 0.1) is 0 Å². The first-order valence-electron chi connectivity index (χ1n) is 19.3. The molecular formula is C51H31N7. The van der Waals surface area contributed by atoms with E-state index in [1.165, 1.54) is 26.9 Å². The van der Waals surface area contributed by atoms with Gasteiger partial charge < -0.3 is 9.13 Å². The lowest BCUT2D eigenvalue weighted by atomic mass is 10.0. The normalized spacial score (nSPS) is 11.8. The second-order valence-corrected chi connectivity index (χ2v) is 14.6. The van der Waals surface area contributed by atoms with Crippen molar-refractivity contribution in [3.63, 3.8) is 0 Å². The van der Waals surface area contributed by atoms with Gasteiger partial charge >= 0.3 is 0 Å². The minimum absolute atomic E-state index is 0.408. The maximum absolute atomic E-state index is 5.00. The summed E-state index contributed by atoms with van der Waals surface area (Å²) in [6, 6.07) is 61.6. The number of hydrogen-bond acceptors (Lipinski definition) is 5. The van der Waals surface area contributed by atoms with Crippen molar-refractivity contribution in [1.29, 1.82) is 0 Å². The molecule has 0 amide bonds.